The van der Waals surface area contributed by atoms with E-state index in [0.717, 1.165) is 10.9 Å². The maximum absolute atomic E-state index is 11.8. The monoisotopic (exact) mass is 270 g/mol. The van der Waals surface area contributed by atoms with Gasteiger partial charge < -0.3 is 5.32 Å². The molecule has 0 aliphatic carbocycles. The zero-order chi connectivity index (χ0) is 11.5. The summed E-state index contributed by atoms with van der Waals surface area (Å²) in [5.41, 5.74) is 0.394. The number of amides is 1. The first-order valence-electron chi connectivity index (χ1n) is 4.87. The van der Waals surface area contributed by atoms with Crippen LogP contribution in [-0.4, -0.2) is 16.4 Å². The molecular weight excluding hydrogens is 256 g/mol. The van der Waals surface area contributed by atoms with Crippen molar-refractivity contribution in [2.24, 2.45) is 0 Å². The van der Waals surface area contributed by atoms with E-state index < -0.39 is 0 Å². The van der Waals surface area contributed by atoms with E-state index in [4.69, 9.17) is 0 Å². The predicted octanol–water partition coefficient (Wildman–Crippen LogP) is 2.76. The summed E-state index contributed by atoms with van der Waals surface area (Å²) in [7, 11) is 0. The summed E-state index contributed by atoms with van der Waals surface area (Å²) in [6.07, 6.45) is 4.10. The average molecular weight is 271 g/mol. The van der Waals surface area contributed by atoms with Crippen LogP contribution in [0.3, 0.4) is 0 Å². The maximum atomic E-state index is 11.8. The van der Waals surface area contributed by atoms with E-state index in [9.17, 15) is 4.79 Å². The Morgan fingerprint density at radius 3 is 2.73 bits per heavy atom. The van der Waals surface area contributed by atoms with Gasteiger partial charge in [0.05, 0.1) is 5.56 Å². The number of nitrogens with zero attached hydrogens (tertiary/aromatic N) is 1. The van der Waals surface area contributed by atoms with Gasteiger partial charge >= 0.3 is 0 Å². The highest BCUT2D eigenvalue weighted by atomic mass is 79.9. The molecule has 1 aromatic rings. The fraction of sp³-hybridized carbons (Fsp3) is 0.455. The summed E-state index contributed by atoms with van der Waals surface area (Å²) in [6.45, 7) is 6.03. The molecule has 0 saturated carbocycles. The smallest absolute Gasteiger partial charge is 0.253 e. The van der Waals surface area contributed by atoms with Crippen molar-refractivity contribution < 1.29 is 4.79 Å². The van der Waals surface area contributed by atoms with Gasteiger partial charge in [-0.1, -0.05) is 6.92 Å². The van der Waals surface area contributed by atoms with Crippen molar-refractivity contribution in [2.75, 3.05) is 0 Å². The molecule has 0 spiro atoms. The van der Waals surface area contributed by atoms with E-state index >= 15 is 0 Å². The second-order valence-corrected chi connectivity index (χ2v) is 5.00. The van der Waals surface area contributed by atoms with Crippen molar-refractivity contribution in [2.45, 2.75) is 32.7 Å². The van der Waals surface area contributed by atoms with Gasteiger partial charge in [0.25, 0.3) is 5.91 Å². The zero-order valence-corrected chi connectivity index (χ0v) is 10.8. The Bertz CT molecular complexity index is 363. The summed E-state index contributed by atoms with van der Waals surface area (Å²) in [5, 5.41) is 2.95. The largest absolute Gasteiger partial charge is 0.347 e. The Kier molecular flexibility index (Phi) is 3.85. The fourth-order valence-corrected chi connectivity index (χ4v) is 1.37. The average Bonchev–Trinajstić information content (AvgIpc) is 2.17. The standard InChI is InChI=1S/C11H15BrN2O/c1-4-11(2,3)14-10(15)8-5-9(12)7-13-6-8/h5-7H,4H2,1-3H3,(H,14,15). The predicted molar refractivity (Wildman–Crippen MR) is 63.8 cm³/mol. The Labute approximate surface area is 98.4 Å². The summed E-state index contributed by atoms with van der Waals surface area (Å²) >= 11 is 3.28. The van der Waals surface area contributed by atoms with Gasteiger partial charge in [0.1, 0.15) is 0 Å². The van der Waals surface area contributed by atoms with Crippen LogP contribution in [0.25, 0.3) is 0 Å². The summed E-state index contributed by atoms with van der Waals surface area (Å²) < 4.78 is 0.810. The first-order chi connectivity index (χ1) is 6.94. The molecule has 3 nitrogen and oxygen atoms in total. The minimum atomic E-state index is -0.181. The molecule has 0 aliphatic rings. The molecule has 1 rings (SSSR count). The van der Waals surface area contributed by atoms with E-state index in [-0.39, 0.29) is 11.4 Å². The van der Waals surface area contributed by atoms with Gasteiger partial charge in [0, 0.05) is 22.4 Å². The molecule has 0 fully saturated rings. The molecule has 0 unspecified atom stereocenters. The highest BCUT2D eigenvalue weighted by Crippen LogP contribution is 2.12. The van der Waals surface area contributed by atoms with Gasteiger partial charge in [0.2, 0.25) is 0 Å². The van der Waals surface area contributed by atoms with Gasteiger partial charge in [-0.2, -0.15) is 0 Å². The van der Waals surface area contributed by atoms with Crippen LogP contribution in [0.1, 0.15) is 37.6 Å². The van der Waals surface area contributed by atoms with Crippen molar-refractivity contribution in [3.63, 3.8) is 0 Å². The van der Waals surface area contributed by atoms with Crippen molar-refractivity contribution in [3.8, 4) is 0 Å². The van der Waals surface area contributed by atoms with Gasteiger partial charge in [-0.25, -0.2) is 0 Å². The first kappa shape index (κ1) is 12.2. The second-order valence-electron chi connectivity index (χ2n) is 4.08. The van der Waals surface area contributed by atoms with Crippen molar-refractivity contribution in [1.82, 2.24) is 10.3 Å². The number of hydrogen-bond acceptors (Lipinski definition) is 2. The Balaban J connectivity index is 2.78. The molecule has 1 N–H and O–H groups in total. The molecule has 1 heterocycles. The lowest BCUT2D eigenvalue weighted by Gasteiger charge is -2.24. The first-order valence-corrected chi connectivity index (χ1v) is 5.67. The SMILES string of the molecule is CCC(C)(C)NC(=O)c1cncc(Br)c1. The number of aromatic nitrogens is 1. The molecule has 15 heavy (non-hydrogen) atoms. The van der Waals surface area contributed by atoms with Crippen molar-refractivity contribution in [1.29, 1.82) is 0 Å². The lowest BCUT2D eigenvalue weighted by Crippen LogP contribution is -2.42. The van der Waals surface area contributed by atoms with Crippen LogP contribution in [0.5, 0.6) is 0 Å². The molecule has 1 aromatic heterocycles. The van der Waals surface area contributed by atoms with Crippen LogP contribution >= 0.6 is 15.9 Å². The topological polar surface area (TPSA) is 42.0 Å². The van der Waals surface area contributed by atoms with E-state index in [1.807, 2.05) is 20.8 Å². The molecular formula is C11H15BrN2O. The number of hydrogen-bond donors (Lipinski definition) is 1. The molecule has 0 aromatic carbocycles. The molecule has 0 saturated heterocycles. The summed E-state index contributed by atoms with van der Waals surface area (Å²) in [6, 6.07) is 1.76. The quantitative estimate of drug-likeness (QED) is 0.918. The molecule has 0 aliphatic heterocycles. The van der Waals surface area contributed by atoms with Crippen LogP contribution in [0, 0.1) is 0 Å². The number of carbonyl (C=O) groups is 1. The maximum Gasteiger partial charge on any atom is 0.253 e. The van der Waals surface area contributed by atoms with E-state index in [2.05, 4.69) is 26.2 Å². The minimum Gasteiger partial charge on any atom is -0.347 e. The normalized spacial score (nSPS) is 11.2. The summed E-state index contributed by atoms with van der Waals surface area (Å²) in [4.78, 5) is 15.8. The number of halogens is 1. The van der Waals surface area contributed by atoms with Crippen LogP contribution < -0.4 is 5.32 Å². The molecule has 4 heteroatoms. The van der Waals surface area contributed by atoms with Crippen LogP contribution in [0.4, 0.5) is 0 Å². The van der Waals surface area contributed by atoms with Crippen molar-refractivity contribution in [3.05, 3.63) is 28.5 Å². The summed E-state index contributed by atoms with van der Waals surface area (Å²) in [5.74, 6) is -0.0874. The van der Waals surface area contributed by atoms with E-state index in [0.29, 0.717) is 5.56 Å². The fourth-order valence-electron chi connectivity index (χ4n) is 1.00. The van der Waals surface area contributed by atoms with E-state index in [1.165, 1.54) is 0 Å². The van der Waals surface area contributed by atoms with E-state index in [1.54, 1.807) is 18.5 Å². The van der Waals surface area contributed by atoms with Crippen molar-refractivity contribution >= 4 is 21.8 Å². The van der Waals surface area contributed by atoms with Gasteiger partial charge in [0.15, 0.2) is 0 Å². The second kappa shape index (κ2) is 4.75. The highest BCUT2D eigenvalue weighted by molar-refractivity contribution is 9.10. The third kappa shape index (κ3) is 3.63. The molecule has 0 bridgehead atoms. The molecule has 0 radical (unpaired) electrons. The molecule has 82 valence electrons. The molecule has 0 atom stereocenters. The van der Waals surface area contributed by atoms with Crippen LogP contribution in [-0.2, 0) is 0 Å². The third-order valence-corrected chi connectivity index (χ3v) is 2.74. The molecule has 1 amide bonds. The van der Waals surface area contributed by atoms with Crippen LogP contribution in [0.2, 0.25) is 0 Å². The van der Waals surface area contributed by atoms with Crippen LogP contribution in [0.15, 0.2) is 22.9 Å². The number of pyridine rings is 1. The Hall–Kier alpha value is -0.900. The highest BCUT2D eigenvalue weighted by Gasteiger charge is 2.18. The number of nitrogens with one attached hydrogen (secondary N) is 1. The minimum absolute atomic E-state index is 0.0874. The Morgan fingerprint density at radius 1 is 1.53 bits per heavy atom. The van der Waals surface area contributed by atoms with Gasteiger partial charge in [-0.05, 0) is 42.3 Å². The number of rotatable bonds is 3. The third-order valence-electron chi connectivity index (χ3n) is 2.30. The van der Waals surface area contributed by atoms with Gasteiger partial charge in [-0.3, -0.25) is 9.78 Å². The number of carbonyl (C=O) groups excluding carboxylic acids is 1. The lowest BCUT2D eigenvalue weighted by molar-refractivity contribution is 0.0911. The Morgan fingerprint density at radius 2 is 2.20 bits per heavy atom. The lowest BCUT2D eigenvalue weighted by atomic mass is 10.0. The zero-order valence-electron chi connectivity index (χ0n) is 9.17. The van der Waals surface area contributed by atoms with Gasteiger partial charge in [-0.15, -0.1) is 0 Å².